The van der Waals surface area contributed by atoms with E-state index >= 15 is 0 Å². The highest BCUT2D eigenvalue weighted by atomic mass is 19.1. The summed E-state index contributed by atoms with van der Waals surface area (Å²) in [7, 11) is 0. The predicted molar refractivity (Wildman–Crippen MR) is 138 cm³/mol. The van der Waals surface area contributed by atoms with Crippen LogP contribution in [0, 0.1) is 18.7 Å². The second-order valence-corrected chi connectivity index (χ2v) is 10.7. The van der Waals surface area contributed by atoms with Gasteiger partial charge >= 0.3 is 6.09 Å². The van der Waals surface area contributed by atoms with Crippen molar-refractivity contribution in [2.45, 2.75) is 71.8 Å². The molecule has 1 aliphatic rings. The maximum atomic E-state index is 14.9. The molecule has 5 nitrogen and oxygen atoms in total. The molecular weight excluding hydrogens is 443 g/mol. The van der Waals surface area contributed by atoms with Crippen molar-refractivity contribution >= 4 is 12.0 Å². The Morgan fingerprint density at radius 1 is 1.20 bits per heavy atom. The van der Waals surface area contributed by atoms with Crippen molar-refractivity contribution in [2.24, 2.45) is 5.92 Å². The van der Waals surface area contributed by atoms with E-state index in [9.17, 15) is 14.0 Å². The molecule has 0 saturated carbocycles. The maximum Gasteiger partial charge on any atom is 0.410 e. The number of carbonyl (C=O) groups is 2. The van der Waals surface area contributed by atoms with E-state index in [1.54, 1.807) is 6.07 Å². The minimum Gasteiger partial charge on any atom is -0.444 e. The maximum absolute atomic E-state index is 14.9. The third kappa shape index (κ3) is 7.81. The minimum atomic E-state index is -0.540. The van der Waals surface area contributed by atoms with Crippen LogP contribution in [0.4, 0.5) is 9.18 Å². The fourth-order valence-corrected chi connectivity index (χ4v) is 4.90. The van der Waals surface area contributed by atoms with Crippen molar-refractivity contribution in [3.8, 4) is 11.1 Å². The van der Waals surface area contributed by atoms with Gasteiger partial charge in [0.2, 0.25) is 5.91 Å². The Kier molecular flexibility index (Phi) is 8.92. The molecule has 0 unspecified atom stereocenters. The number of benzene rings is 2. The summed E-state index contributed by atoms with van der Waals surface area (Å²) >= 11 is 0. The Bertz CT molecular complexity index is 1030. The highest BCUT2D eigenvalue weighted by molar-refractivity contribution is 5.72. The largest absolute Gasteiger partial charge is 0.444 e. The highest BCUT2D eigenvalue weighted by Crippen LogP contribution is 2.38. The standard InChI is InChI=1S/C29H39FN2O3/c1-20-9-6-10-22(17-20)26-18-23(13-14-27(26)30)25(12-7-15-31-21(2)33)24-11-8-16-32(19-24)28(34)35-29(3,4)5/h6,9-10,13-14,17-18,24-25H,7-8,11-12,15-16,19H2,1-5H3,(H,31,33)/t24-,25+/m1/s1. The van der Waals surface area contributed by atoms with Crippen molar-refractivity contribution in [2.75, 3.05) is 19.6 Å². The number of amides is 2. The number of nitrogens with zero attached hydrogens (tertiary/aromatic N) is 1. The van der Waals surface area contributed by atoms with Crippen LogP contribution in [0.15, 0.2) is 42.5 Å². The van der Waals surface area contributed by atoms with Gasteiger partial charge in [0, 0.05) is 32.1 Å². The van der Waals surface area contributed by atoms with E-state index < -0.39 is 5.60 Å². The molecule has 0 aromatic heterocycles. The molecule has 1 fully saturated rings. The molecule has 0 aliphatic carbocycles. The van der Waals surface area contributed by atoms with Gasteiger partial charge in [0.1, 0.15) is 11.4 Å². The van der Waals surface area contributed by atoms with Gasteiger partial charge in [-0.2, -0.15) is 0 Å². The first-order valence-corrected chi connectivity index (χ1v) is 12.6. The van der Waals surface area contributed by atoms with Gasteiger partial charge in [0.05, 0.1) is 0 Å². The smallest absolute Gasteiger partial charge is 0.410 e. The van der Waals surface area contributed by atoms with Crippen LogP contribution in [-0.4, -0.2) is 42.1 Å². The first-order chi connectivity index (χ1) is 16.5. The lowest BCUT2D eigenvalue weighted by atomic mass is 9.78. The predicted octanol–water partition coefficient (Wildman–Crippen LogP) is 6.45. The lowest BCUT2D eigenvalue weighted by molar-refractivity contribution is -0.118. The Morgan fingerprint density at radius 3 is 2.66 bits per heavy atom. The van der Waals surface area contributed by atoms with Gasteiger partial charge in [-0.3, -0.25) is 4.79 Å². The molecule has 2 amide bonds. The summed E-state index contributed by atoms with van der Waals surface area (Å²) in [5.74, 6) is 0.0803. The normalized spacial score (nSPS) is 17.1. The lowest BCUT2D eigenvalue weighted by Crippen LogP contribution is -2.44. The molecule has 35 heavy (non-hydrogen) atoms. The second kappa shape index (κ2) is 11.7. The fourth-order valence-electron chi connectivity index (χ4n) is 4.90. The van der Waals surface area contributed by atoms with Gasteiger partial charge in [0.25, 0.3) is 0 Å². The molecule has 2 atom stereocenters. The van der Waals surface area contributed by atoms with Crippen LogP contribution in [-0.2, 0) is 9.53 Å². The Balaban J connectivity index is 1.87. The SMILES string of the molecule is CC(=O)NCCC[C@@H](c1ccc(F)c(-c2cccc(C)c2)c1)[C@@H]1CCCN(C(=O)OC(C)(C)C)C1. The zero-order chi connectivity index (χ0) is 25.6. The van der Waals surface area contributed by atoms with Crippen LogP contribution in [0.25, 0.3) is 11.1 Å². The molecule has 1 saturated heterocycles. The zero-order valence-electron chi connectivity index (χ0n) is 21.7. The number of hydrogen-bond acceptors (Lipinski definition) is 3. The van der Waals surface area contributed by atoms with Crippen LogP contribution in [0.2, 0.25) is 0 Å². The first-order valence-electron chi connectivity index (χ1n) is 12.6. The molecule has 3 rings (SSSR count). The number of piperidine rings is 1. The summed E-state index contributed by atoms with van der Waals surface area (Å²) in [5.41, 5.74) is 3.07. The molecule has 190 valence electrons. The Morgan fingerprint density at radius 2 is 1.97 bits per heavy atom. The van der Waals surface area contributed by atoms with Gasteiger partial charge in [-0.05, 0) is 88.5 Å². The lowest BCUT2D eigenvalue weighted by Gasteiger charge is -2.38. The highest BCUT2D eigenvalue weighted by Gasteiger charge is 2.32. The summed E-state index contributed by atoms with van der Waals surface area (Å²) in [6.07, 6.45) is 3.26. The van der Waals surface area contributed by atoms with E-state index in [-0.39, 0.29) is 29.7 Å². The van der Waals surface area contributed by atoms with Crippen molar-refractivity contribution in [1.29, 1.82) is 0 Å². The van der Waals surface area contributed by atoms with Gasteiger partial charge in [-0.25, -0.2) is 9.18 Å². The average Bonchev–Trinajstić information content (AvgIpc) is 2.78. The van der Waals surface area contributed by atoms with E-state index in [4.69, 9.17) is 4.74 Å². The van der Waals surface area contributed by atoms with E-state index in [1.807, 2.05) is 69.0 Å². The zero-order valence-corrected chi connectivity index (χ0v) is 21.7. The summed E-state index contributed by atoms with van der Waals surface area (Å²) < 4.78 is 20.5. The average molecular weight is 483 g/mol. The third-order valence-electron chi connectivity index (χ3n) is 6.49. The molecule has 2 aromatic rings. The van der Waals surface area contributed by atoms with Crippen molar-refractivity contribution in [1.82, 2.24) is 10.2 Å². The summed E-state index contributed by atoms with van der Waals surface area (Å²) in [4.78, 5) is 25.9. The molecule has 2 aromatic carbocycles. The quantitative estimate of drug-likeness (QED) is 0.462. The van der Waals surface area contributed by atoms with Crippen LogP contribution in [0.3, 0.4) is 0 Å². The first kappa shape index (κ1) is 26.7. The number of ether oxygens (including phenoxy) is 1. The van der Waals surface area contributed by atoms with E-state index in [2.05, 4.69) is 5.32 Å². The monoisotopic (exact) mass is 482 g/mol. The van der Waals surface area contributed by atoms with Crippen LogP contribution in [0.5, 0.6) is 0 Å². The molecule has 1 heterocycles. The fraction of sp³-hybridized carbons (Fsp3) is 0.517. The third-order valence-corrected chi connectivity index (χ3v) is 6.49. The van der Waals surface area contributed by atoms with Crippen LogP contribution < -0.4 is 5.32 Å². The number of rotatable bonds is 7. The number of nitrogens with one attached hydrogen (secondary N) is 1. The molecule has 1 N–H and O–H groups in total. The van der Waals surface area contributed by atoms with E-state index in [1.165, 1.54) is 6.92 Å². The van der Waals surface area contributed by atoms with E-state index in [0.717, 1.165) is 42.4 Å². The van der Waals surface area contributed by atoms with Gasteiger partial charge in [-0.1, -0.05) is 35.9 Å². The molecule has 6 heteroatoms. The topological polar surface area (TPSA) is 58.6 Å². The number of carbonyl (C=O) groups excluding carboxylic acids is 2. The van der Waals surface area contributed by atoms with Crippen molar-refractivity contribution < 1.29 is 18.7 Å². The summed E-state index contributed by atoms with van der Waals surface area (Å²) in [6.45, 7) is 11.0. The molecule has 0 bridgehead atoms. The van der Waals surface area contributed by atoms with Crippen LogP contribution >= 0.6 is 0 Å². The van der Waals surface area contributed by atoms with Crippen molar-refractivity contribution in [3.05, 3.63) is 59.4 Å². The number of halogens is 1. The molecule has 0 spiro atoms. The number of aryl methyl sites for hydroxylation is 1. The minimum absolute atomic E-state index is 0.0427. The number of likely N-dealkylation sites (tertiary alicyclic amines) is 1. The molecule has 1 aliphatic heterocycles. The summed E-state index contributed by atoms with van der Waals surface area (Å²) in [5, 5.41) is 2.88. The molecule has 0 radical (unpaired) electrons. The molecular formula is C29H39FN2O3. The van der Waals surface area contributed by atoms with Gasteiger partial charge in [-0.15, -0.1) is 0 Å². The van der Waals surface area contributed by atoms with Crippen LogP contribution in [0.1, 0.15) is 70.4 Å². The van der Waals surface area contributed by atoms with Crippen molar-refractivity contribution in [3.63, 3.8) is 0 Å². The summed E-state index contributed by atoms with van der Waals surface area (Å²) in [6, 6.07) is 13.3. The number of hydrogen-bond donors (Lipinski definition) is 1. The van der Waals surface area contributed by atoms with E-state index in [0.29, 0.717) is 25.2 Å². The second-order valence-electron chi connectivity index (χ2n) is 10.7. The van der Waals surface area contributed by atoms with Gasteiger partial charge in [0.15, 0.2) is 0 Å². The Labute approximate surface area is 209 Å². The van der Waals surface area contributed by atoms with Gasteiger partial charge < -0.3 is 15.0 Å². The Hall–Kier alpha value is -2.89.